The molecule has 8 nitrogen and oxygen atoms in total. The van der Waals surface area contributed by atoms with Gasteiger partial charge in [-0.2, -0.15) is 5.10 Å². The number of amides is 1. The van der Waals surface area contributed by atoms with Crippen molar-refractivity contribution in [1.82, 2.24) is 24.3 Å². The van der Waals surface area contributed by atoms with Crippen LogP contribution in [0.25, 0.3) is 27.6 Å². The molecular weight excluding hydrogens is 416 g/mol. The lowest BCUT2D eigenvalue weighted by atomic mass is 10.1. The maximum Gasteiger partial charge on any atom is 0.264 e. The van der Waals surface area contributed by atoms with Gasteiger partial charge in [-0.15, -0.1) is 0 Å². The summed E-state index contributed by atoms with van der Waals surface area (Å²) in [6.45, 7) is 3.88. The molecule has 0 spiro atoms. The van der Waals surface area contributed by atoms with Crippen LogP contribution in [0.4, 0.5) is 5.69 Å². The summed E-state index contributed by atoms with van der Waals surface area (Å²) in [5.41, 5.74) is 3.48. The summed E-state index contributed by atoms with van der Waals surface area (Å²) in [7, 11) is 0. The van der Waals surface area contributed by atoms with E-state index in [2.05, 4.69) is 20.4 Å². The fraction of sp³-hybridized carbons (Fsp3) is 0.160. The molecule has 5 rings (SSSR count). The summed E-state index contributed by atoms with van der Waals surface area (Å²) in [5.74, 6) is 0.348. The monoisotopic (exact) mass is 438 g/mol. The van der Waals surface area contributed by atoms with Gasteiger partial charge in [-0.3, -0.25) is 19.1 Å². The van der Waals surface area contributed by atoms with Crippen LogP contribution in [0.2, 0.25) is 0 Å². The third kappa shape index (κ3) is 3.87. The van der Waals surface area contributed by atoms with E-state index in [9.17, 15) is 9.59 Å². The van der Waals surface area contributed by atoms with Crippen molar-refractivity contribution in [2.75, 3.05) is 5.32 Å². The van der Waals surface area contributed by atoms with E-state index in [4.69, 9.17) is 0 Å². The zero-order chi connectivity index (χ0) is 22.9. The Labute approximate surface area is 189 Å². The maximum absolute atomic E-state index is 13.1. The third-order valence-corrected chi connectivity index (χ3v) is 5.56. The van der Waals surface area contributed by atoms with E-state index in [1.807, 2.05) is 67.6 Å². The van der Waals surface area contributed by atoms with Gasteiger partial charge in [0.2, 0.25) is 5.91 Å². The largest absolute Gasteiger partial charge is 0.325 e. The van der Waals surface area contributed by atoms with Crippen LogP contribution in [0, 0.1) is 13.8 Å². The Balaban J connectivity index is 1.39. The maximum atomic E-state index is 13.1. The standard InChI is InChI=1S/C25H22N6O2/c1-16-14-22(19-10-6-7-11-21(19)27-16)29-23(32)12-13-30-17(2)28-24-20(25(30)33)15-26-31(24)18-8-4-3-5-9-18/h3-11,14-15H,12-13H2,1-2H3,(H,27,29,32). The number of carbonyl (C=O) groups is 1. The zero-order valence-electron chi connectivity index (χ0n) is 18.3. The first kappa shape index (κ1) is 20.6. The Bertz CT molecular complexity index is 1550. The van der Waals surface area contributed by atoms with E-state index in [0.717, 1.165) is 22.3 Å². The molecular formula is C25H22N6O2. The summed E-state index contributed by atoms with van der Waals surface area (Å²) in [6, 6.07) is 19.1. The first-order valence-electron chi connectivity index (χ1n) is 10.7. The lowest BCUT2D eigenvalue weighted by molar-refractivity contribution is -0.116. The molecule has 1 amide bonds. The number of rotatable bonds is 5. The van der Waals surface area contributed by atoms with Gasteiger partial charge >= 0.3 is 0 Å². The fourth-order valence-electron chi connectivity index (χ4n) is 3.97. The van der Waals surface area contributed by atoms with Gasteiger partial charge in [0, 0.05) is 24.0 Å². The molecule has 3 aromatic heterocycles. The van der Waals surface area contributed by atoms with Crippen molar-refractivity contribution < 1.29 is 4.79 Å². The van der Waals surface area contributed by atoms with Crippen molar-refractivity contribution in [1.29, 1.82) is 0 Å². The smallest absolute Gasteiger partial charge is 0.264 e. The van der Waals surface area contributed by atoms with Crippen molar-refractivity contribution in [3.63, 3.8) is 0 Å². The van der Waals surface area contributed by atoms with Crippen molar-refractivity contribution in [3.05, 3.63) is 88.7 Å². The summed E-state index contributed by atoms with van der Waals surface area (Å²) in [6.07, 6.45) is 1.66. The molecule has 8 heteroatoms. The molecule has 164 valence electrons. The Morgan fingerprint density at radius 2 is 1.73 bits per heavy atom. The van der Waals surface area contributed by atoms with E-state index in [1.165, 1.54) is 10.8 Å². The van der Waals surface area contributed by atoms with E-state index >= 15 is 0 Å². The van der Waals surface area contributed by atoms with Crippen LogP contribution < -0.4 is 10.9 Å². The van der Waals surface area contributed by atoms with E-state index < -0.39 is 0 Å². The van der Waals surface area contributed by atoms with E-state index in [-0.39, 0.29) is 24.4 Å². The predicted octanol–water partition coefficient (Wildman–Crippen LogP) is 3.78. The summed E-state index contributed by atoms with van der Waals surface area (Å²) in [5, 5.41) is 8.61. The highest BCUT2D eigenvalue weighted by atomic mass is 16.2. The predicted molar refractivity (Wildman–Crippen MR) is 128 cm³/mol. The molecule has 33 heavy (non-hydrogen) atoms. The van der Waals surface area contributed by atoms with Crippen LogP contribution in [0.1, 0.15) is 17.9 Å². The molecule has 0 atom stereocenters. The number of aromatic nitrogens is 5. The van der Waals surface area contributed by atoms with Gasteiger partial charge in [0.05, 0.1) is 23.1 Å². The molecule has 5 aromatic rings. The number of benzene rings is 2. The van der Waals surface area contributed by atoms with E-state index in [1.54, 1.807) is 11.6 Å². The number of aryl methyl sites for hydroxylation is 2. The van der Waals surface area contributed by atoms with Crippen LogP contribution in [-0.2, 0) is 11.3 Å². The van der Waals surface area contributed by atoms with Crippen molar-refractivity contribution >= 4 is 33.5 Å². The Morgan fingerprint density at radius 3 is 2.55 bits per heavy atom. The average molecular weight is 438 g/mol. The second-order valence-electron chi connectivity index (χ2n) is 7.87. The summed E-state index contributed by atoms with van der Waals surface area (Å²) < 4.78 is 3.17. The minimum Gasteiger partial charge on any atom is -0.325 e. The van der Waals surface area contributed by atoms with E-state index in [0.29, 0.717) is 22.5 Å². The number of fused-ring (bicyclic) bond motifs is 2. The first-order chi connectivity index (χ1) is 16.0. The van der Waals surface area contributed by atoms with Crippen molar-refractivity contribution in [2.45, 2.75) is 26.8 Å². The van der Waals surface area contributed by atoms with Crippen LogP contribution in [0.5, 0.6) is 0 Å². The summed E-state index contributed by atoms with van der Waals surface area (Å²) in [4.78, 5) is 35.0. The zero-order valence-corrected chi connectivity index (χ0v) is 18.3. The van der Waals surface area contributed by atoms with Crippen molar-refractivity contribution in [3.8, 4) is 5.69 Å². The Kier molecular flexibility index (Phi) is 5.18. The minimum atomic E-state index is -0.210. The SMILES string of the molecule is Cc1cc(NC(=O)CCn2c(C)nc3c(cnn3-c3ccccc3)c2=O)c2ccccc2n1. The van der Waals surface area contributed by atoms with Gasteiger partial charge in [-0.25, -0.2) is 9.67 Å². The molecule has 0 fully saturated rings. The van der Waals surface area contributed by atoms with Crippen LogP contribution in [-0.4, -0.2) is 30.2 Å². The third-order valence-electron chi connectivity index (χ3n) is 5.56. The van der Waals surface area contributed by atoms with Crippen LogP contribution >= 0.6 is 0 Å². The second-order valence-corrected chi connectivity index (χ2v) is 7.87. The van der Waals surface area contributed by atoms with Gasteiger partial charge in [-0.1, -0.05) is 36.4 Å². The molecule has 0 radical (unpaired) electrons. The van der Waals surface area contributed by atoms with Gasteiger partial charge in [0.15, 0.2) is 5.65 Å². The molecule has 0 saturated carbocycles. The summed E-state index contributed by atoms with van der Waals surface area (Å²) >= 11 is 0. The number of carbonyl (C=O) groups excluding carboxylic acids is 1. The molecule has 3 heterocycles. The highest BCUT2D eigenvalue weighted by Gasteiger charge is 2.15. The average Bonchev–Trinajstić information content (AvgIpc) is 3.23. The quantitative estimate of drug-likeness (QED) is 0.451. The lowest BCUT2D eigenvalue weighted by Gasteiger charge is -2.12. The van der Waals surface area contributed by atoms with Gasteiger partial charge in [0.25, 0.3) is 5.56 Å². The van der Waals surface area contributed by atoms with Crippen LogP contribution in [0.15, 0.2) is 71.7 Å². The second kappa shape index (κ2) is 8.31. The Morgan fingerprint density at radius 1 is 0.970 bits per heavy atom. The normalized spacial score (nSPS) is 11.2. The van der Waals surface area contributed by atoms with Gasteiger partial charge in [0.1, 0.15) is 11.2 Å². The number of nitrogens with one attached hydrogen (secondary N) is 1. The molecule has 2 aromatic carbocycles. The van der Waals surface area contributed by atoms with Crippen molar-refractivity contribution in [2.24, 2.45) is 0 Å². The molecule has 0 aliphatic rings. The number of hydrogen-bond donors (Lipinski definition) is 1. The molecule has 0 aliphatic carbocycles. The first-order valence-corrected chi connectivity index (χ1v) is 10.7. The molecule has 0 aliphatic heterocycles. The highest BCUT2D eigenvalue weighted by Crippen LogP contribution is 2.23. The molecule has 0 unspecified atom stereocenters. The van der Waals surface area contributed by atoms with Gasteiger partial charge in [-0.05, 0) is 38.1 Å². The highest BCUT2D eigenvalue weighted by molar-refractivity contribution is 6.01. The number of nitrogens with zero attached hydrogens (tertiary/aromatic N) is 5. The molecule has 1 N–H and O–H groups in total. The molecule has 0 bridgehead atoms. The number of pyridine rings is 1. The van der Waals surface area contributed by atoms with Crippen LogP contribution in [0.3, 0.4) is 0 Å². The fourth-order valence-corrected chi connectivity index (χ4v) is 3.97. The van der Waals surface area contributed by atoms with Gasteiger partial charge < -0.3 is 5.32 Å². The minimum absolute atomic E-state index is 0.135. The Hall–Kier alpha value is -4.33. The number of hydrogen-bond acceptors (Lipinski definition) is 5. The lowest BCUT2D eigenvalue weighted by Crippen LogP contribution is -2.26. The topological polar surface area (TPSA) is 94.7 Å². The number of anilines is 1. The number of para-hydroxylation sites is 2. The molecule has 0 saturated heterocycles.